The summed E-state index contributed by atoms with van der Waals surface area (Å²) >= 11 is 6.03. The van der Waals surface area contributed by atoms with E-state index in [4.69, 9.17) is 16.7 Å². The lowest BCUT2D eigenvalue weighted by atomic mass is 10.2. The number of halogens is 1. The number of carboxylic acid groups (broad SMARTS) is 1. The summed E-state index contributed by atoms with van der Waals surface area (Å²) in [5, 5.41) is 9.02. The first-order valence-corrected chi connectivity index (χ1v) is 11.5. The lowest BCUT2D eigenvalue weighted by molar-refractivity contribution is 0.0696. The molecular formula is C15H21ClN2O6S2. The first-order valence-electron chi connectivity index (χ1n) is 7.84. The molecule has 0 bridgehead atoms. The van der Waals surface area contributed by atoms with Crippen molar-refractivity contribution in [1.29, 1.82) is 0 Å². The summed E-state index contributed by atoms with van der Waals surface area (Å²) in [4.78, 5) is 12.6. The van der Waals surface area contributed by atoms with Gasteiger partial charge in [0.05, 0.1) is 22.1 Å². The lowest BCUT2D eigenvalue weighted by Crippen LogP contribution is -2.44. The van der Waals surface area contributed by atoms with Gasteiger partial charge in [-0.25, -0.2) is 21.6 Å². The summed E-state index contributed by atoms with van der Waals surface area (Å²) in [6.07, 6.45) is 0.200. The molecule has 0 amide bonds. The molecular weight excluding hydrogens is 404 g/mol. The van der Waals surface area contributed by atoms with Gasteiger partial charge in [-0.3, -0.25) is 0 Å². The Morgan fingerprint density at radius 3 is 2.46 bits per heavy atom. The second-order valence-electron chi connectivity index (χ2n) is 6.43. The predicted octanol–water partition coefficient (Wildman–Crippen LogP) is 0.778. The standard InChI is InChI=1S/C15H21ClN2O6S2/c1-17(2)6-7-18(12-5-8-25(21,22)10-12)26(23,24)14-9-11(15(19)20)3-4-13(14)16/h3-4,9,12H,5-8,10H2,1-2H3,(H,19,20)/t12-/m0/s1. The number of rotatable bonds is 7. The molecule has 0 spiro atoms. The third kappa shape index (κ3) is 4.74. The Hall–Kier alpha value is -1.20. The molecule has 1 aliphatic heterocycles. The second kappa shape index (κ2) is 7.81. The molecule has 8 nitrogen and oxygen atoms in total. The van der Waals surface area contributed by atoms with Crippen LogP contribution in [0, 0.1) is 0 Å². The van der Waals surface area contributed by atoms with Crippen LogP contribution in [0.15, 0.2) is 23.1 Å². The molecule has 1 atom stereocenters. The topological polar surface area (TPSA) is 112 Å². The molecule has 11 heteroatoms. The fourth-order valence-electron chi connectivity index (χ4n) is 2.76. The Kier molecular flexibility index (Phi) is 6.34. The highest BCUT2D eigenvalue weighted by Gasteiger charge is 2.39. The molecule has 1 aliphatic rings. The molecule has 0 aliphatic carbocycles. The van der Waals surface area contributed by atoms with Gasteiger partial charge in [-0.2, -0.15) is 4.31 Å². The molecule has 146 valence electrons. The van der Waals surface area contributed by atoms with Gasteiger partial charge in [0.25, 0.3) is 0 Å². The van der Waals surface area contributed by atoms with Crippen molar-refractivity contribution in [2.75, 3.05) is 38.7 Å². The van der Waals surface area contributed by atoms with Crippen LogP contribution in [0.1, 0.15) is 16.8 Å². The number of nitrogens with zero attached hydrogens (tertiary/aromatic N) is 2. The smallest absolute Gasteiger partial charge is 0.335 e. The molecule has 1 saturated heterocycles. The van der Waals surface area contributed by atoms with E-state index in [2.05, 4.69) is 0 Å². The largest absolute Gasteiger partial charge is 0.478 e. The highest BCUT2D eigenvalue weighted by Crippen LogP contribution is 2.30. The van der Waals surface area contributed by atoms with Crippen LogP contribution < -0.4 is 0 Å². The summed E-state index contributed by atoms with van der Waals surface area (Å²) in [7, 11) is -3.93. The maximum Gasteiger partial charge on any atom is 0.335 e. The molecule has 26 heavy (non-hydrogen) atoms. The Labute approximate surface area is 158 Å². The summed E-state index contributed by atoms with van der Waals surface area (Å²) < 4.78 is 51.1. The highest BCUT2D eigenvalue weighted by atomic mass is 35.5. The minimum absolute atomic E-state index is 0.0726. The molecule has 2 rings (SSSR count). The van der Waals surface area contributed by atoms with Crippen LogP contribution in [0.4, 0.5) is 0 Å². The van der Waals surface area contributed by atoms with Crippen molar-refractivity contribution in [1.82, 2.24) is 9.21 Å². The minimum atomic E-state index is -4.17. The van der Waals surface area contributed by atoms with Gasteiger partial charge in [0.15, 0.2) is 9.84 Å². The number of sulfonamides is 1. The quantitative estimate of drug-likeness (QED) is 0.688. The van der Waals surface area contributed by atoms with Gasteiger partial charge in [0.2, 0.25) is 10.0 Å². The molecule has 1 fully saturated rings. The zero-order valence-corrected chi connectivity index (χ0v) is 16.8. The first-order chi connectivity index (χ1) is 11.9. The van der Waals surface area contributed by atoms with Crippen LogP contribution >= 0.6 is 11.6 Å². The van der Waals surface area contributed by atoms with E-state index in [1.807, 2.05) is 0 Å². The van der Waals surface area contributed by atoms with E-state index < -0.39 is 31.9 Å². The highest BCUT2D eigenvalue weighted by molar-refractivity contribution is 7.92. The Balaban J connectivity index is 2.48. The van der Waals surface area contributed by atoms with E-state index in [9.17, 15) is 21.6 Å². The lowest BCUT2D eigenvalue weighted by Gasteiger charge is -2.29. The fraction of sp³-hybridized carbons (Fsp3) is 0.533. The normalized spacial score (nSPS) is 20.0. The summed E-state index contributed by atoms with van der Waals surface area (Å²) in [5.74, 6) is -1.61. The van der Waals surface area contributed by atoms with Crippen LogP contribution in [0.3, 0.4) is 0 Å². The van der Waals surface area contributed by atoms with E-state index >= 15 is 0 Å². The summed E-state index contributed by atoms with van der Waals surface area (Å²) in [5.41, 5.74) is -0.209. The average molecular weight is 425 g/mol. The van der Waals surface area contributed by atoms with E-state index in [0.717, 1.165) is 10.4 Å². The number of hydrogen-bond donors (Lipinski definition) is 1. The monoisotopic (exact) mass is 424 g/mol. The number of carbonyl (C=O) groups is 1. The first kappa shape index (κ1) is 21.1. The zero-order chi connectivity index (χ0) is 19.7. The van der Waals surface area contributed by atoms with Crippen molar-refractivity contribution in [3.05, 3.63) is 28.8 Å². The maximum absolute atomic E-state index is 13.2. The zero-order valence-electron chi connectivity index (χ0n) is 14.4. The molecule has 0 radical (unpaired) electrons. The van der Waals surface area contributed by atoms with Crippen molar-refractivity contribution in [3.63, 3.8) is 0 Å². The van der Waals surface area contributed by atoms with Crippen LogP contribution in [-0.2, 0) is 19.9 Å². The van der Waals surface area contributed by atoms with E-state index in [-0.39, 0.29) is 40.0 Å². The van der Waals surface area contributed by atoms with Crippen LogP contribution in [0.5, 0.6) is 0 Å². The van der Waals surface area contributed by atoms with Crippen molar-refractivity contribution in [3.8, 4) is 0 Å². The second-order valence-corrected chi connectivity index (χ2v) is 10.9. The van der Waals surface area contributed by atoms with Crippen molar-refractivity contribution in [2.24, 2.45) is 0 Å². The predicted molar refractivity (Wildman–Crippen MR) is 97.9 cm³/mol. The van der Waals surface area contributed by atoms with Crippen molar-refractivity contribution >= 4 is 37.4 Å². The van der Waals surface area contributed by atoms with Crippen molar-refractivity contribution in [2.45, 2.75) is 17.4 Å². The van der Waals surface area contributed by atoms with Gasteiger partial charge in [-0.05, 0) is 38.7 Å². The van der Waals surface area contributed by atoms with E-state index in [1.54, 1.807) is 19.0 Å². The van der Waals surface area contributed by atoms with Crippen LogP contribution in [0.2, 0.25) is 5.02 Å². The van der Waals surface area contributed by atoms with Gasteiger partial charge >= 0.3 is 5.97 Å². The molecule has 1 aromatic rings. The molecule has 0 unspecified atom stereocenters. The fourth-order valence-corrected chi connectivity index (χ4v) is 6.73. The molecule has 1 N–H and O–H groups in total. The van der Waals surface area contributed by atoms with Crippen LogP contribution in [-0.4, -0.2) is 81.8 Å². The number of likely N-dealkylation sites (N-methyl/N-ethyl adjacent to an activating group) is 1. The number of benzene rings is 1. The van der Waals surface area contributed by atoms with Crippen LogP contribution in [0.25, 0.3) is 0 Å². The summed E-state index contributed by atoms with van der Waals surface area (Å²) in [6, 6.07) is 2.74. The summed E-state index contributed by atoms with van der Waals surface area (Å²) in [6.45, 7) is 0.454. The van der Waals surface area contributed by atoms with Gasteiger partial charge in [-0.15, -0.1) is 0 Å². The van der Waals surface area contributed by atoms with Gasteiger partial charge in [0, 0.05) is 19.1 Å². The minimum Gasteiger partial charge on any atom is -0.478 e. The number of sulfone groups is 1. The molecule has 1 heterocycles. The third-order valence-electron chi connectivity index (χ3n) is 4.15. The molecule has 0 saturated carbocycles. The van der Waals surface area contributed by atoms with E-state index in [1.165, 1.54) is 12.1 Å². The van der Waals surface area contributed by atoms with E-state index in [0.29, 0.717) is 6.54 Å². The number of carboxylic acids is 1. The molecule has 0 aromatic heterocycles. The Morgan fingerprint density at radius 1 is 1.31 bits per heavy atom. The number of aromatic carboxylic acids is 1. The van der Waals surface area contributed by atoms with Gasteiger partial charge in [0.1, 0.15) is 4.90 Å². The average Bonchev–Trinajstić information content (AvgIpc) is 2.86. The SMILES string of the molecule is CN(C)CCN([C@H]1CCS(=O)(=O)C1)S(=O)(=O)c1cc(C(=O)O)ccc1Cl. The third-order valence-corrected chi connectivity index (χ3v) is 8.33. The Morgan fingerprint density at radius 2 is 1.96 bits per heavy atom. The Bertz CT molecular complexity index is 899. The maximum atomic E-state index is 13.2. The molecule has 1 aromatic carbocycles. The number of hydrogen-bond acceptors (Lipinski definition) is 6. The van der Waals surface area contributed by atoms with Gasteiger partial charge in [-0.1, -0.05) is 11.6 Å². The van der Waals surface area contributed by atoms with Crippen molar-refractivity contribution < 1.29 is 26.7 Å². The van der Waals surface area contributed by atoms with Gasteiger partial charge < -0.3 is 10.0 Å².